The highest BCUT2D eigenvalue weighted by molar-refractivity contribution is 9.10. The van der Waals surface area contributed by atoms with Gasteiger partial charge in [0.1, 0.15) is 12.2 Å². The quantitative estimate of drug-likeness (QED) is 0.708. The fourth-order valence-corrected chi connectivity index (χ4v) is 3.27. The van der Waals surface area contributed by atoms with E-state index in [4.69, 9.17) is 0 Å². The summed E-state index contributed by atoms with van der Waals surface area (Å²) >= 11 is 3.33. The van der Waals surface area contributed by atoms with Gasteiger partial charge >= 0.3 is 5.69 Å². The molecule has 0 saturated carbocycles. The maximum Gasteiger partial charge on any atom is 0.332 e. The lowest BCUT2D eigenvalue weighted by Gasteiger charge is -2.12. The number of carbonyl (C=O) groups excluding carboxylic acids is 1. The highest BCUT2D eigenvalue weighted by Gasteiger charge is 2.16. The van der Waals surface area contributed by atoms with Gasteiger partial charge in [-0.15, -0.1) is 0 Å². The van der Waals surface area contributed by atoms with E-state index in [0.29, 0.717) is 22.3 Å². The summed E-state index contributed by atoms with van der Waals surface area (Å²) in [5.41, 5.74) is 1.23. The molecule has 134 valence electrons. The summed E-state index contributed by atoms with van der Waals surface area (Å²) < 4.78 is 3.04. The van der Waals surface area contributed by atoms with Crippen molar-refractivity contribution in [3.05, 3.63) is 66.9 Å². The third-order valence-corrected chi connectivity index (χ3v) is 4.52. The zero-order valence-electron chi connectivity index (χ0n) is 14.5. The number of benzene rings is 1. The van der Waals surface area contributed by atoms with Gasteiger partial charge in [0.15, 0.2) is 0 Å². The third-order valence-electron chi connectivity index (χ3n) is 4.03. The van der Waals surface area contributed by atoms with Crippen LogP contribution in [0.2, 0.25) is 0 Å². The van der Waals surface area contributed by atoms with Gasteiger partial charge in [0.2, 0.25) is 5.91 Å². The van der Waals surface area contributed by atoms with Gasteiger partial charge in [0.05, 0.1) is 5.39 Å². The maximum absolute atomic E-state index is 12.8. The Kier molecular flexibility index (Phi) is 4.78. The number of halogens is 1. The molecule has 3 rings (SSSR count). The van der Waals surface area contributed by atoms with Crippen molar-refractivity contribution in [2.75, 3.05) is 5.32 Å². The Morgan fingerprint density at radius 1 is 1.23 bits per heavy atom. The summed E-state index contributed by atoms with van der Waals surface area (Å²) in [7, 11) is 1.54. The molecule has 0 aliphatic heterocycles. The molecular formula is C18H17BrN4O3. The SMILES string of the molecule is Cc1cc(C)c2c(=O)n(CC(=O)Nc3cccc(Br)c3)c(=O)n(C)c2n1. The molecule has 1 amide bonds. The van der Waals surface area contributed by atoms with E-state index in [-0.39, 0.29) is 6.54 Å². The van der Waals surface area contributed by atoms with Crippen LogP contribution in [0.1, 0.15) is 11.3 Å². The van der Waals surface area contributed by atoms with E-state index in [1.54, 1.807) is 45.2 Å². The lowest BCUT2D eigenvalue weighted by atomic mass is 10.2. The van der Waals surface area contributed by atoms with Crippen molar-refractivity contribution < 1.29 is 4.79 Å². The number of aromatic nitrogens is 3. The van der Waals surface area contributed by atoms with E-state index < -0.39 is 17.2 Å². The summed E-state index contributed by atoms with van der Waals surface area (Å²) in [4.78, 5) is 42.0. The van der Waals surface area contributed by atoms with E-state index in [1.807, 2.05) is 6.07 Å². The van der Waals surface area contributed by atoms with E-state index in [2.05, 4.69) is 26.2 Å². The predicted molar refractivity (Wildman–Crippen MR) is 103 cm³/mol. The summed E-state index contributed by atoms with van der Waals surface area (Å²) in [5.74, 6) is -0.459. The average Bonchev–Trinajstić information content (AvgIpc) is 2.56. The molecular weight excluding hydrogens is 400 g/mol. The zero-order valence-corrected chi connectivity index (χ0v) is 16.1. The normalized spacial score (nSPS) is 10.9. The predicted octanol–water partition coefficient (Wildman–Crippen LogP) is 2.11. The van der Waals surface area contributed by atoms with Crippen LogP contribution >= 0.6 is 15.9 Å². The molecule has 1 N–H and O–H groups in total. The number of nitrogens with zero attached hydrogens (tertiary/aromatic N) is 3. The third kappa shape index (κ3) is 3.32. The fourth-order valence-electron chi connectivity index (χ4n) is 2.87. The van der Waals surface area contributed by atoms with Gasteiger partial charge in [-0.05, 0) is 43.7 Å². The van der Waals surface area contributed by atoms with Gasteiger partial charge in [0, 0.05) is 22.9 Å². The molecule has 0 unspecified atom stereocenters. The Hall–Kier alpha value is -2.74. The minimum Gasteiger partial charge on any atom is -0.324 e. The number of aryl methyl sites for hydroxylation is 3. The highest BCUT2D eigenvalue weighted by Crippen LogP contribution is 2.15. The fraction of sp³-hybridized carbons (Fsp3) is 0.222. The number of fused-ring (bicyclic) bond motifs is 1. The van der Waals surface area contributed by atoms with Crippen molar-refractivity contribution in [3.63, 3.8) is 0 Å². The van der Waals surface area contributed by atoms with Gasteiger partial charge in [-0.3, -0.25) is 18.7 Å². The summed E-state index contributed by atoms with van der Waals surface area (Å²) in [6, 6.07) is 8.84. The molecule has 0 radical (unpaired) electrons. The van der Waals surface area contributed by atoms with Crippen molar-refractivity contribution in [3.8, 4) is 0 Å². The lowest BCUT2D eigenvalue weighted by Crippen LogP contribution is -2.42. The minimum absolute atomic E-state index is 0.321. The number of hydrogen-bond acceptors (Lipinski definition) is 4. The molecule has 3 aromatic rings. The maximum atomic E-state index is 12.8. The van der Waals surface area contributed by atoms with Crippen LogP contribution in [0.25, 0.3) is 11.0 Å². The molecule has 26 heavy (non-hydrogen) atoms. The van der Waals surface area contributed by atoms with Gasteiger partial charge in [-0.2, -0.15) is 0 Å². The topological polar surface area (TPSA) is 86.0 Å². The molecule has 0 saturated heterocycles. The second kappa shape index (κ2) is 6.87. The first-order chi connectivity index (χ1) is 12.3. The minimum atomic E-state index is -0.579. The Bertz CT molecular complexity index is 1150. The van der Waals surface area contributed by atoms with Crippen LogP contribution < -0.4 is 16.6 Å². The first-order valence-electron chi connectivity index (χ1n) is 7.91. The van der Waals surface area contributed by atoms with Crippen molar-refractivity contribution in [2.24, 2.45) is 7.05 Å². The van der Waals surface area contributed by atoms with Crippen molar-refractivity contribution in [1.82, 2.24) is 14.1 Å². The van der Waals surface area contributed by atoms with Crippen molar-refractivity contribution in [2.45, 2.75) is 20.4 Å². The number of amides is 1. The second-order valence-corrected chi connectivity index (χ2v) is 6.99. The average molecular weight is 417 g/mol. The van der Waals surface area contributed by atoms with Crippen LogP contribution in [-0.4, -0.2) is 20.0 Å². The summed E-state index contributed by atoms with van der Waals surface area (Å²) in [6.45, 7) is 3.21. The summed E-state index contributed by atoms with van der Waals surface area (Å²) in [5, 5.41) is 3.03. The first kappa shape index (κ1) is 18.1. The number of nitrogens with one attached hydrogen (secondary N) is 1. The van der Waals surface area contributed by atoms with Crippen LogP contribution in [-0.2, 0) is 18.4 Å². The highest BCUT2D eigenvalue weighted by atomic mass is 79.9. The number of anilines is 1. The molecule has 0 bridgehead atoms. The molecule has 8 heteroatoms. The molecule has 0 aliphatic rings. The standard InChI is InChI=1S/C18H17BrN4O3/c1-10-7-11(2)20-16-15(10)17(25)23(18(26)22(16)3)9-14(24)21-13-6-4-5-12(19)8-13/h4-8H,9H2,1-3H3,(H,21,24). The van der Waals surface area contributed by atoms with Crippen molar-refractivity contribution >= 4 is 38.6 Å². The molecule has 2 heterocycles. The number of hydrogen-bond donors (Lipinski definition) is 1. The van der Waals surface area contributed by atoms with E-state index >= 15 is 0 Å². The summed E-state index contributed by atoms with van der Waals surface area (Å²) in [6.07, 6.45) is 0. The van der Waals surface area contributed by atoms with E-state index in [9.17, 15) is 14.4 Å². The van der Waals surface area contributed by atoms with Gasteiger partial charge < -0.3 is 5.32 Å². The lowest BCUT2D eigenvalue weighted by molar-refractivity contribution is -0.116. The van der Waals surface area contributed by atoms with Crippen LogP contribution in [0.3, 0.4) is 0 Å². The molecule has 0 fully saturated rings. The molecule has 0 aliphatic carbocycles. The smallest absolute Gasteiger partial charge is 0.324 e. The molecule has 0 spiro atoms. The van der Waals surface area contributed by atoms with Crippen molar-refractivity contribution in [1.29, 1.82) is 0 Å². The Morgan fingerprint density at radius 2 is 1.96 bits per heavy atom. The largest absolute Gasteiger partial charge is 0.332 e. The van der Waals surface area contributed by atoms with Crippen LogP contribution in [0.4, 0.5) is 5.69 Å². The Balaban J connectivity index is 2.04. The Morgan fingerprint density at radius 3 is 2.65 bits per heavy atom. The van der Waals surface area contributed by atoms with Gasteiger partial charge in [-0.25, -0.2) is 9.78 Å². The van der Waals surface area contributed by atoms with Gasteiger partial charge in [-0.1, -0.05) is 22.0 Å². The first-order valence-corrected chi connectivity index (χ1v) is 8.70. The second-order valence-electron chi connectivity index (χ2n) is 6.07. The van der Waals surface area contributed by atoms with E-state index in [0.717, 1.165) is 14.7 Å². The number of carbonyl (C=O) groups is 1. The zero-order chi connectivity index (χ0) is 19.0. The monoisotopic (exact) mass is 416 g/mol. The van der Waals surface area contributed by atoms with Gasteiger partial charge in [0.25, 0.3) is 5.56 Å². The number of rotatable bonds is 3. The van der Waals surface area contributed by atoms with E-state index in [1.165, 1.54) is 4.57 Å². The van der Waals surface area contributed by atoms with Crippen LogP contribution in [0, 0.1) is 13.8 Å². The molecule has 0 atom stereocenters. The van der Waals surface area contributed by atoms with Crippen LogP contribution in [0.15, 0.2) is 44.4 Å². The molecule has 7 nitrogen and oxygen atoms in total. The van der Waals surface area contributed by atoms with Crippen LogP contribution in [0.5, 0.6) is 0 Å². The Labute approximate surface area is 157 Å². The number of pyridine rings is 1. The molecule has 2 aromatic heterocycles. The molecule has 1 aromatic carbocycles.